The summed E-state index contributed by atoms with van der Waals surface area (Å²) in [5, 5.41) is 10.4. The quantitative estimate of drug-likeness (QED) is 0.824. The number of anilines is 1. The van der Waals surface area contributed by atoms with Crippen LogP contribution >= 0.6 is 11.3 Å². The molecule has 5 nitrogen and oxygen atoms in total. The Morgan fingerprint density at radius 2 is 1.85 bits per heavy atom. The minimum Gasteiger partial charge on any atom is -0.345 e. The Morgan fingerprint density at radius 3 is 2.54 bits per heavy atom. The zero-order chi connectivity index (χ0) is 18.7. The zero-order valence-electron chi connectivity index (χ0n) is 15.5. The average Bonchev–Trinajstić information content (AvgIpc) is 2.91. The van der Waals surface area contributed by atoms with E-state index in [1.165, 1.54) is 12.1 Å². The molecule has 2 aromatic rings. The number of rotatable bonds is 3. The summed E-state index contributed by atoms with van der Waals surface area (Å²) in [6.45, 7) is 9.03. The highest BCUT2D eigenvalue weighted by Crippen LogP contribution is 2.25. The molecular formula is C19H25FN4OS. The minimum absolute atomic E-state index is 0.202. The van der Waals surface area contributed by atoms with Crippen molar-refractivity contribution >= 4 is 22.4 Å². The standard InChI is InChI=1S/C19H25FN4OS/c1-19(2,3)17(25)23-9-4-10-24(12-11-23)18-22-21-16(26-18)13-14-5-7-15(20)8-6-14/h5-8H,4,9-13H2,1-3H3. The molecule has 0 saturated carbocycles. The maximum absolute atomic E-state index is 13.0. The van der Waals surface area contributed by atoms with Crippen molar-refractivity contribution in [3.8, 4) is 0 Å². The Morgan fingerprint density at radius 1 is 1.12 bits per heavy atom. The van der Waals surface area contributed by atoms with E-state index in [0.717, 1.165) is 41.8 Å². The van der Waals surface area contributed by atoms with E-state index in [1.807, 2.05) is 25.7 Å². The van der Waals surface area contributed by atoms with E-state index < -0.39 is 0 Å². The number of carbonyl (C=O) groups excluding carboxylic acids is 1. The lowest BCUT2D eigenvalue weighted by Gasteiger charge is -2.28. The summed E-state index contributed by atoms with van der Waals surface area (Å²) < 4.78 is 13.0. The van der Waals surface area contributed by atoms with Crippen LogP contribution in [0.15, 0.2) is 24.3 Å². The highest BCUT2D eigenvalue weighted by molar-refractivity contribution is 7.15. The van der Waals surface area contributed by atoms with Gasteiger partial charge in [0.15, 0.2) is 0 Å². The monoisotopic (exact) mass is 376 g/mol. The molecule has 1 aliphatic heterocycles. The van der Waals surface area contributed by atoms with Gasteiger partial charge in [0.25, 0.3) is 0 Å². The maximum Gasteiger partial charge on any atom is 0.228 e. The first-order chi connectivity index (χ1) is 12.3. The summed E-state index contributed by atoms with van der Waals surface area (Å²) >= 11 is 1.57. The van der Waals surface area contributed by atoms with Crippen LogP contribution in [0.25, 0.3) is 0 Å². The second-order valence-electron chi connectivity index (χ2n) is 7.66. The van der Waals surface area contributed by atoms with Crippen LogP contribution in [0.4, 0.5) is 9.52 Å². The molecule has 2 heterocycles. The Balaban J connectivity index is 1.62. The smallest absolute Gasteiger partial charge is 0.228 e. The van der Waals surface area contributed by atoms with E-state index in [-0.39, 0.29) is 17.1 Å². The number of nitrogens with zero attached hydrogens (tertiary/aromatic N) is 4. The second kappa shape index (κ2) is 7.70. The van der Waals surface area contributed by atoms with Gasteiger partial charge in [-0.1, -0.05) is 44.2 Å². The molecule has 1 amide bonds. The van der Waals surface area contributed by atoms with Crippen LogP contribution in [0.2, 0.25) is 0 Å². The first-order valence-electron chi connectivity index (χ1n) is 8.94. The Bertz CT molecular complexity index is 754. The highest BCUT2D eigenvalue weighted by Gasteiger charge is 2.29. The van der Waals surface area contributed by atoms with Gasteiger partial charge < -0.3 is 9.80 Å². The SMILES string of the molecule is CC(C)(C)C(=O)N1CCCN(c2nnc(Cc3ccc(F)cc3)s2)CC1. The lowest BCUT2D eigenvalue weighted by Crippen LogP contribution is -2.41. The molecule has 0 bridgehead atoms. The van der Waals surface area contributed by atoms with Crippen molar-refractivity contribution in [3.05, 3.63) is 40.7 Å². The number of carbonyl (C=O) groups is 1. The van der Waals surface area contributed by atoms with E-state index in [4.69, 9.17) is 0 Å². The second-order valence-corrected chi connectivity index (χ2v) is 8.70. The molecule has 140 valence electrons. The number of halogens is 1. The average molecular weight is 377 g/mol. The van der Waals surface area contributed by atoms with Gasteiger partial charge in [0.05, 0.1) is 0 Å². The van der Waals surface area contributed by atoms with Crippen molar-refractivity contribution in [2.24, 2.45) is 5.41 Å². The lowest BCUT2D eigenvalue weighted by molar-refractivity contribution is -0.139. The Labute approximate surface area is 157 Å². The Hall–Kier alpha value is -2.02. The van der Waals surface area contributed by atoms with Crippen molar-refractivity contribution in [3.63, 3.8) is 0 Å². The van der Waals surface area contributed by atoms with Crippen LogP contribution < -0.4 is 4.90 Å². The molecule has 1 aliphatic rings. The van der Waals surface area contributed by atoms with Gasteiger partial charge in [-0.25, -0.2) is 4.39 Å². The largest absolute Gasteiger partial charge is 0.345 e. The summed E-state index contributed by atoms with van der Waals surface area (Å²) in [5.41, 5.74) is 0.673. The topological polar surface area (TPSA) is 49.3 Å². The van der Waals surface area contributed by atoms with Gasteiger partial charge in [0, 0.05) is 38.0 Å². The van der Waals surface area contributed by atoms with Gasteiger partial charge in [0.2, 0.25) is 11.0 Å². The number of hydrogen-bond acceptors (Lipinski definition) is 5. The summed E-state index contributed by atoms with van der Waals surface area (Å²) in [6.07, 6.45) is 1.58. The molecule has 1 fully saturated rings. The molecule has 1 saturated heterocycles. The fourth-order valence-corrected chi connectivity index (χ4v) is 3.93. The van der Waals surface area contributed by atoms with Crippen molar-refractivity contribution in [1.29, 1.82) is 0 Å². The molecular weight excluding hydrogens is 351 g/mol. The van der Waals surface area contributed by atoms with Crippen molar-refractivity contribution in [2.45, 2.75) is 33.6 Å². The van der Waals surface area contributed by atoms with E-state index in [2.05, 4.69) is 15.1 Å². The normalized spacial score (nSPS) is 15.8. The summed E-state index contributed by atoms with van der Waals surface area (Å²) in [6, 6.07) is 6.48. The number of benzene rings is 1. The summed E-state index contributed by atoms with van der Waals surface area (Å²) in [4.78, 5) is 16.7. The molecule has 7 heteroatoms. The third-order valence-electron chi connectivity index (χ3n) is 4.42. The molecule has 26 heavy (non-hydrogen) atoms. The molecule has 0 radical (unpaired) electrons. The predicted octanol–water partition coefficient (Wildman–Crippen LogP) is 3.35. The number of aromatic nitrogens is 2. The van der Waals surface area contributed by atoms with Gasteiger partial charge in [-0.05, 0) is 24.1 Å². The van der Waals surface area contributed by atoms with Gasteiger partial charge in [-0.2, -0.15) is 0 Å². The third kappa shape index (κ3) is 4.58. The van der Waals surface area contributed by atoms with E-state index >= 15 is 0 Å². The highest BCUT2D eigenvalue weighted by atomic mass is 32.1. The molecule has 3 rings (SSSR count). The number of amides is 1. The van der Waals surface area contributed by atoms with Crippen LogP contribution in [0.5, 0.6) is 0 Å². The van der Waals surface area contributed by atoms with E-state index in [9.17, 15) is 9.18 Å². The fraction of sp³-hybridized carbons (Fsp3) is 0.526. The summed E-state index contributed by atoms with van der Waals surface area (Å²) in [7, 11) is 0. The van der Waals surface area contributed by atoms with Crippen molar-refractivity contribution in [1.82, 2.24) is 15.1 Å². The third-order valence-corrected chi connectivity index (χ3v) is 5.40. The predicted molar refractivity (Wildman–Crippen MR) is 102 cm³/mol. The molecule has 0 spiro atoms. The van der Waals surface area contributed by atoms with Gasteiger partial charge in [-0.3, -0.25) is 4.79 Å². The van der Waals surface area contributed by atoms with Crippen LogP contribution in [-0.2, 0) is 11.2 Å². The van der Waals surface area contributed by atoms with Crippen LogP contribution in [0.3, 0.4) is 0 Å². The van der Waals surface area contributed by atoms with Crippen molar-refractivity contribution < 1.29 is 9.18 Å². The van der Waals surface area contributed by atoms with Crippen LogP contribution in [0.1, 0.15) is 37.8 Å². The lowest BCUT2D eigenvalue weighted by atomic mass is 9.94. The zero-order valence-corrected chi connectivity index (χ0v) is 16.4. The van der Waals surface area contributed by atoms with Gasteiger partial charge in [-0.15, -0.1) is 10.2 Å². The fourth-order valence-electron chi connectivity index (χ4n) is 3.01. The molecule has 1 aromatic carbocycles. The minimum atomic E-state index is -0.347. The maximum atomic E-state index is 13.0. The molecule has 0 N–H and O–H groups in total. The summed E-state index contributed by atoms with van der Waals surface area (Å²) in [5.74, 6) is -0.0285. The van der Waals surface area contributed by atoms with E-state index in [0.29, 0.717) is 13.0 Å². The van der Waals surface area contributed by atoms with Gasteiger partial charge in [0.1, 0.15) is 10.8 Å². The first-order valence-corrected chi connectivity index (χ1v) is 9.76. The Kier molecular flexibility index (Phi) is 5.55. The molecule has 0 aliphatic carbocycles. The van der Waals surface area contributed by atoms with Crippen molar-refractivity contribution in [2.75, 3.05) is 31.1 Å². The first kappa shape index (κ1) is 18.8. The molecule has 0 atom stereocenters. The van der Waals surface area contributed by atoms with Gasteiger partial charge >= 0.3 is 0 Å². The molecule has 0 unspecified atom stereocenters. The van der Waals surface area contributed by atoms with Crippen LogP contribution in [0, 0.1) is 11.2 Å². The molecule has 1 aromatic heterocycles. The van der Waals surface area contributed by atoms with Crippen LogP contribution in [-0.4, -0.2) is 47.2 Å². The van der Waals surface area contributed by atoms with E-state index in [1.54, 1.807) is 23.5 Å². The number of hydrogen-bond donors (Lipinski definition) is 0.